The van der Waals surface area contributed by atoms with Gasteiger partial charge in [-0.3, -0.25) is 4.68 Å². The Bertz CT molecular complexity index is 830. The van der Waals surface area contributed by atoms with E-state index in [1.54, 1.807) is 6.33 Å². The Labute approximate surface area is 129 Å². The molecule has 0 saturated carbocycles. The van der Waals surface area contributed by atoms with Crippen molar-refractivity contribution in [3.63, 3.8) is 0 Å². The summed E-state index contributed by atoms with van der Waals surface area (Å²) < 4.78 is 1.98. The summed E-state index contributed by atoms with van der Waals surface area (Å²) in [6.07, 6.45) is 5.89. The van der Waals surface area contributed by atoms with Crippen LogP contribution in [-0.4, -0.2) is 31.3 Å². The van der Waals surface area contributed by atoms with Crippen LogP contribution in [0, 0.1) is 13.8 Å². The predicted octanol–water partition coefficient (Wildman–Crippen LogP) is 2.65. The minimum absolute atomic E-state index is 0.349. The number of hydrogen-bond donors (Lipinski definition) is 1. The zero-order chi connectivity index (χ0) is 15.3. The van der Waals surface area contributed by atoms with Crippen molar-refractivity contribution in [1.82, 2.24) is 24.7 Å². The molecule has 0 bridgehead atoms. The molecule has 6 heteroatoms. The summed E-state index contributed by atoms with van der Waals surface area (Å²) in [6.45, 7) is 5.28. The quantitative estimate of drug-likeness (QED) is 0.789. The van der Waals surface area contributed by atoms with E-state index in [2.05, 4.69) is 44.9 Å². The number of nitrogens with one attached hydrogen (secondary N) is 1. The monoisotopic (exact) mass is 296 g/mol. The van der Waals surface area contributed by atoms with Crippen LogP contribution in [0.1, 0.15) is 35.8 Å². The van der Waals surface area contributed by atoms with Crippen molar-refractivity contribution < 1.29 is 0 Å². The molecule has 1 aliphatic heterocycles. The van der Waals surface area contributed by atoms with Gasteiger partial charge in [0.05, 0.1) is 17.1 Å². The van der Waals surface area contributed by atoms with Crippen LogP contribution in [0.25, 0.3) is 11.0 Å². The van der Waals surface area contributed by atoms with Crippen LogP contribution in [0.3, 0.4) is 0 Å². The highest BCUT2D eigenvalue weighted by Gasteiger charge is 2.32. The Morgan fingerprint density at radius 2 is 2.14 bits per heavy atom. The summed E-state index contributed by atoms with van der Waals surface area (Å²) in [5.74, 6) is 1.02. The fourth-order valence-corrected chi connectivity index (χ4v) is 3.68. The molecule has 0 amide bonds. The fraction of sp³-hybridized carbons (Fsp3) is 0.438. The van der Waals surface area contributed by atoms with E-state index in [9.17, 15) is 0 Å². The molecule has 0 aromatic carbocycles. The Morgan fingerprint density at radius 3 is 2.91 bits per heavy atom. The first-order valence-electron chi connectivity index (χ1n) is 7.71. The zero-order valence-corrected chi connectivity index (χ0v) is 13.2. The van der Waals surface area contributed by atoms with Gasteiger partial charge in [-0.05, 0) is 32.8 Å². The summed E-state index contributed by atoms with van der Waals surface area (Å²) in [5.41, 5.74) is 4.61. The van der Waals surface area contributed by atoms with Crippen LogP contribution in [0.4, 0.5) is 5.82 Å². The number of aryl methyl sites for hydroxylation is 2. The van der Waals surface area contributed by atoms with Crippen LogP contribution in [0.15, 0.2) is 18.6 Å². The number of anilines is 1. The number of fused-ring (bicyclic) bond motifs is 1. The van der Waals surface area contributed by atoms with Crippen molar-refractivity contribution in [2.45, 2.75) is 32.7 Å². The molecule has 4 heterocycles. The number of H-pyrrole nitrogens is 1. The van der Waals surface area contributed by atoms with Crippen LogP contribution in [-0.2, 0) is 7.05 Å². The van der Waals surface area contributed by atoms with Crippen molar-refractivity contribution in [3.05, 3.63) is 35.5 Å². The molecule has 0 aliphatic carbocycles. The second-order valence-electron chi connectivity index (χ2n) is 6.00. The van der Waals surface area contributed by atoms with Crippen LogP contribution < -0.4 is 4.90 Å². The summed E-state index contributed by atoms with van der Waals surface area (Å²) in [5, 5.41) is 5.68. The lowest BCUT2D eigenvalue weighted by Gasteiger charge is -2.26. The molecule has 0 unspecified atom stereocenters. The molecule has 3 aromatic heterocycles. The smallest absolute Gasteiger partial charge is 0.142 e. The normalized spacial score (nSPS) is 18.5. The lowest BCUT2D eigenvalue weighted by atomic mass is 10.0. The second-order valence-corrected chi connectivity index (χ2v) is 6.00. The van der Waals surface area contributed by atoms with Crippen molar-refractivity contribution >= 4 is 16.9 Å². The number of hydrogen-bond acceptors (Lipinski definition) is 4. The Balaban J connectivity index is 1.83. The molecule has 22 heavy (non-hydrogen) atoms. The molecule has 1 saturated heterocycles. The molecule has 6 nitrogen and oxygen atoms in total. The van der Waals surface area contributed by atoms with Gasteiger partial charge in [0.25, 0.3) is 0 Å². The lowest BCUT2D eigenvalue weighted by molar-refractivity contribution is 0.694. The van der Waals surface area contributed by atoms with E-state index in [1.165, 1.54) is 17.7 Å². The zero-order valence-electron chi connectivity index (χ0n) is 13.2. The molecular weight excluding hydrogens is 276 g/mol. The van der Waals surface area contributed by atoms with Gasteiger partial charge in [-0.1, -0.05) is 0 Å². The minimum Gasteiger partial charge on any atom is -0.349 e. The van der Waals surface area contributed by atoms with Crippen LogP contribution in [0.5, 0.6) is 0 Å². The minimum atomic E-state index is 0.349. The first kappa shape index (κ1) is 13.3. The average molecular weight is 296 g/mol. The van der Waals surface area contributed by atoms with E-state index in [4.69, 9.17) is 0 Å². The summed E-state index contributed by atoms with van der Waals surface area (Å²) in [6, 6.07) is 2.41. The lowest BCUT2D eigenvalue weighted by Crippen LogP contribution is -2.24. The topological polar surface area (TPSA) is 62.6 Å². The van der Waals surface area contributed by atoms with Crippen molar-refractivity contribution in [1.29, 1.82) is 0 Å². The van der Waals surface area contributed by atoms with Gasteiger partial charge in [0.15, 0.2) is 0 Å². The van der Waals surface area contributed by atoms with Crippen LogP contribution >= 0.6 is 0 Å². The van der Waals surface area contributed by atoms with E-state index < -0.39 is 0 Å². The Morgan fingerprint density at radius 1 is 1.27 bits per heavy atom. The molecule has 0 spiro atoms. The number of rotatable bonds is 2. The summed E-state index contributed by atoms with van der Waals surface area (Å²) in [7, 11) is 2.01. The number of nitrogens with zero attached hydrogens (tertiary/aromatic N) is 5. The molecule has 1 atom stereocenters. The fourth-order valence-electron chi connectivity index (χ4n) is 3.68. The Kier molecular flexibility index (Phi) is 2.92. The maximum atomic E-state index is 4.59. The third-order valence-electron chi connectivity index (χ3n) is 4.76. The highest BCUT2D eigenvalue weighted by Crippen LogP contribution is 2.39. The van der Waals surface area contributed by atoms with Gasteiger partial charge in [-0.2, -0.15) is 5.10 Å². The van der Waals surface area contributed by atoms with Gasteiger partial charge >= 0.3 is 0 Å². The molecular formula is C16H20N6. The standard InChI is InChI=1S/C16H20N6/c1-10-14(11(2)21(3)20-10)13-5-4-8-22(13)16-12-6-7-17-15(12)18-9-19-16/h6-7,9,13H,4-5,8H2,1-3H3,(H,17,18,19)/t13-/m0/s1. The average Bonchev–Trinajstić information content (AvgIpc) is 3.19. The number of aromatic amines is 1. The first-order valence-corrected chi connectivity index (χ1v) is 7.71. The van der Waals surface area contributed by atoms with Crippen molar-refractivity contribution in [2.75, 3.05) is 11.4 Å². The van der Waals surface area contributed by atoms with E-state index in [-0.39, 0.29) is 0 Å². The molecule has 4 rings (SSSR count). The first-order chi connectivity index (χ1) is 10.7. The Hall–Kier alpha value is -2.37. The van der Waals surface area contributed by atoms with Gasteiger partial charge in [-0.15, -0.1) is 0 Å². The van der Waals surface area contributed by atoms with Crippen LogP contribution in [0.2, 0.25) is 0 Å². The molecule has 3 aromatic rings. The molecule has 1 N–H and O–H groups in total. The molecule has 1 aliphatic rings. The third kappa shape index (κ3) is 1.83. The highest BCUT2D eigenvalue weighted by molar-refractivity contribution is 5.87. The van der Waals surface area contributed by atoms with Gasteiger partial charge in [0.1, 0.15) is 17.8 Å². The number of aromatic nitrogens is 5. The van der Waals surface area contributed by atoms with Gasteiger partial charge in [-0.25, -0.2) is 9.97 Å². The second kappa shape index (κ2) is 4.83. The summed E-state index contributed by atoms with van der Waals surface area (Å²) in [4.78, 5) is 14.5. The SMILES string of the molecule is Cc1nn(C)c(C)c1[C@@H]1CCCN1c1ncnc2[nH]ccc12. The van der Waals surface area contributed by atoms with Crippen molar-refractivity contribution in [3.8, 4) is 0 Å². The van der Waals surface area contributed by atoms with Gasteiger partial charge in [0, 0.05) is 31.0 Å². The maximum absolute atomic E-state index is 4.59. The van der Waals surface area contributed by atoms with E-state index >= 15 is 0 Å². The van der Waals surface area contributed by atoms with Gasteiger partial charge in [0.2, 0.25) is 0 Å². The van der Waals surface area contributed by atoms with E-state index in [0.29, 0.717) is 6.04 Å². The van der Waals surface area contributed by atoms with E-state index in [1.807, 2.05) is 17.9 Å². The van der Waals surface area contributed by atoms with Crippen molar-refractivity contribution in [2.24, 2.45) is 7.05 Å². The predicted molar refractivity (Wildman–Crippen MR) is 85.9 cm³/mol. The van der Waals surface area contributed by atoms with E-state index in [0.717, 1.165) is 35.5 Å². The molecule has 114 valence electrons. The summed E-state index contributed by atoms with van der Waals surface area (Å²) >= 11 is 0. The third-order valence-corrected chi connectivity index (χ3v) is 4.76. The molecule has 0 radical (unpaired) electrons. The maximum Gasteiger partial charge on any atom is 0.142 e. The largest absolute Gasteiger partial charge is 0.349 e. The molecule has 1 fully saturated rings. The highest BCUT2D eigenvalue weighted by atomic mass is 15.3. The van der Waals surface area contributed by atoms with Gasteiger partial charge < -0.3 is 9.88 Å².